The van der Waals surface area contributed by atoms with Crippen molar-refractivity contribution in [2.24, 2.45) is 5.73 Å². The summed E-state index contributed by atoms with van der Waals surface area (Å²) in [5.74, 6) is 0.800. The van der Waals surface area contributed by atoms with Crippen LogP contribution in [0.3, 0.4) is 0 Å². The molecule has 1 fully saturated rings. The number of hydrogen-bond acceptors (Lipinski definition) is 3. The topological polar surface area (TPSA) is 62.8 Å². The summed E-state index contributed by atoms with van der Waals surface area (Å²) in [7, 11) is 0. The lowest BCUT2D eigenvalue weighted by Crippen LogP contribution is -2.11. The number of nitrogens with two attached hydrogens (primary N) is 1. The smallest absolute Gasteiger partial charge is 0.135 e. The van der Waals surface area contributed by atoms with E-state index in [1.54, 1.807) is 11.3 Å². The van der Waals surface area contributed by atoms with Crippen LogP contribution >= 0.6 is 11.3 Å². The maximum atomic E-state index is 7.56. The highest BCUT2D eigenvalue weighted by atomic mass is 32.1. The second kappa shape index (κ2) is 4.95. The maximum absolute atomic E-state index is 7.56. The van der Waals surface area contributed by atoms with E-state index in [-0.39, 0.29) is 5.84 Å². The quantitative estimate of drug-likeness (QED) is 0.627. The van der Waals surface area contributed by atoms with Gasteiger partial charge in [0.05, 0.1) is 15.6 Å². The molecule has 1 heterocycles. The number of nitrogens with one attached hydrogen (secondary N) is 1. The minimum absolute atomic E-state index is 0.177. The first kappa shape index (κ1) is 11.6. The van der Waals surface area contributed by atoms with Crippen molar-refractivity contribution in [3.63, 3.8) is 0 Å². The maximum Gasteiger partial charge on any atom is 0.135 e. The molecule has 0 spiro atoms. The standard InChI is InChI=1S/C12H19N3S/c1-2-9-10(11(13)14)16-12(15-9)8-6-4-3-5-7-8/h8H,2-7H2,1H3,(H3,13,14). The predicted molar refractivity (Wildman–Crippen MR) is 68.3 cm³/mol. The van der Waals surface area contributed by atoms with Crippen LogP contribution in [0.25, 0.3) is 0 Å². The highest BCUT2D eigenvalue weighted by molar-refractivity contribution is 7.13. The van der Waals surface area contributed by atoms with Gasteiger partial charge in [-0.15, -0.1) is 11.3 Å². The average molecular weight is 237 g/mol. The Morgan fingerprint density at radius 3 is 2.62 bits per heavy atom. The van der Waals surface area contributed by atoms with Gasteiger partial charge in [0.25, 0.3) is 0 Å². The Morgan fingerprint density at radius 1 is 1.44 bits per heavy atom. The van der Waals surface area contributed by atoms with Crippen LogP contribution < -0.4 is 5.73 Å². The first-order valence-corrected chi connectivity index (χ1v) is 6.88. The molecule has 0 aliphatic heterocycles. The van der Waals surface area contributed by atoms with E-state index < -0.39 is 0 Å². The molecule has 0 saturated heterocycles. The number of amidine groups is 1. The molecule has 3 nitrogen and oxygen atoms in total. The molecule has 4 heteroatoms. The zero-order valence-corrected chi connectivity index (χ0v) is 10.6. The van der Waals surface area contributed by atoms with Crippen molar-refractivity contribution >= 4 is 17.2 Å². The van der Waals surface area contributed by atoms with Gasteiger partial charge in [-0.1, -0.05) is 26.2 Å². The molecule has 2 rings (SSSR count). The van der Waals surface area contributed by atoms with Crippen LogP contribution in [0.1, 0.15) is 60.5 Å². The van der Waals surface area contributed by atoms with E-state index in [1.807, 2.05) is 0 Å². The molecule has 0 atom stereocenters. The minimum atomic E-state index is 0.177. The molecule has 0 bridgehead atoms. The first-order chi connectivity index (χ1) is 7.72. The van der Waals surface area contributed by atoms with Crippen molar-refractivity contribution in [1.29, 1.82) is 5.41 Å². The largest absolute Gasteiger partial charge is 0.383 e. The fraction of sp³-hybridized carbons (Fsp3) is 0.667. The monoisotopic (exact) mass is 237 g/mol. The van der Waals surface area contributed by atoms with Crippen molar-refractivity contribution in [3.8, 4) is 0 Å². The lowest BCUT2D eigenvalue weighted by atomic mass is 9.90. The summed E-state index contributed by atoms with van der Waals surface area (Å²) in [4.78, 5) is 5.56. The second-order valence-corrected chi connectivity index (χ2v) is 5.46. The highest BCUT2D eigenvalue weighted by Gasteiger charge is 2.21. The summed E-state index contributed by atoms with van der Waals surface area (Å²) < 4.78 is 0. The molecule has 0 unspecified atom stereocenters. The van der Waals surface area contributed by atoms with Gasteiger partial charge in [-0.25, -0.2) is 4.98 Å². The molecule has 88 valence electrons. The van der Waals surface area contributed by atoms with E-state index in [2.05, 4.69) is 11.9 Å². The van der Waals surface area contributed by atoms with Gasteiger partial charge in [0, 0.05) is 5.92 Å². The molecule has 1 aromatic rings. The van der Waals surface area contributed by atoms with Crippen molar-refractivity contribution in [2.75, 3.05) is 0 Å². The summed E-state index contributed by atoms with van der Waals surface area (Å²) in [6.45, 7) is 2.08. The first-order valence-electron chi connectivity index (χ1n) is 6.06. The van der Waals surface area contributed by atoms with Gasteiger partial charge >= 0.3 is 0 Å². The molecular weight excluding hydrogens is 218 g/mol. The number of hydrogen-bond donors (Lipinski definition) is 2. The van der Waals surface area contributed by atoms with Crippen molar-refractivity contribution in [1.82, 2.24) is 4.98 Å². The summed E-state index contributed by atoms with van der Waals surface area (Å²) in [5.41, 5.74) is 6.60. The zero-order chi connectivity index (χ0) is 11.5. The predicted octanol–water partition coefficient (Wildman–Crippen LogP) is 3.04. The lowest BCUT2D eigenvalue weighted by Gasteiger charge is -2.18. The van der Waals surface area contributed by atoms with Crippen LogP contribution in [-0.4, -0.2) is 10.8 Å². The molecule has 0 radical (unpaired) electrons. The molecule has 0 amide bonds. The van der Waals surface area contributed by atoms with Crippen LogP contribution in [0.15, 0.2) is 0 Å². The van der Waals surface area contributed by atoms with E-state index in [4.69, 9.17) is 11.1 Å². The van der Waals surface area contributed by atoms with Gasteiger partial charge in [0.2, 0.25) is 0 Å². The Bertz CT molecular complexity index is 378. The number of thiazole rings is 1. The highest BCUT2D eigenvalue weighted by Crippen LogP contribution is 2.35. The third kappa shape index (κ3) is 2.26. The van der Waals surface area contributed by atoms with E-state index in [0.29, 0.717) is 5.92 Å². The Hall–Kier alpha value is -0.900. The molecule has 1 aliphatic carbocycles. The van der Waals surface area contributed by atoms with Gasteiger partial charge in [-0.3, -0.25) is 5.41 Å². The van der Waals surface area contributed by atoms with Crippen molar-refractivity contribution < 1.29 is 0 Å². The van der Waals surface area contributed by atoms with Crippen LogP contribution in [0.4, 0.5) is 0 Å². The normalized spacial score (nSPS) is 17.6. The van der Waals surface area contributed by atoms with E-state index in [1.165, 1.54) is 37.1 Å². The Balaban J connectivity index is 2.24. The summed E-state index contributed by atoms with van der Waals surface area (Å²) >= 11 is 1.64. The van der Waals surface area contributed by atoms with Gasteiger partial charge in [0.15, 0.2) is 0 Å². The van der Waals surface area contributed by atoms with Crippen LogP contribution in [-0.2, 0) is 6.42 Å². The summed E-state index contributed by atoms with van der Waals surface area (Å²) in [5, 5.41) is 8.76. The average Bonchev–Trinajstić information content (AvgIpc) is 2.74. The van der Waals surface area contributed by atoms with Gasteiger partial charge in [-0.2, -0.15) is 0 Å². The SMILES string of the molecule is CCc1nc(C2CCCCC2)sc1C(=N)N. The molecule has 1 aromatic heterocycles. The third-order valence-corrected chi connectivity index (χ3v) is 4.54. The Kier molecular flexibility index (Phi) is 3.59. The van der Waals surface area contributed by atoms with Crippen molar-refractivity contribution in [2.45, 2.75) is 51.4 Å². The second-order valence-electron chi connectivity index (χ2n) is 4.43. The fourth-order valence-corrected chi connectivity index (χ4v) is 3.53. The van der Waals surface area contributed by atoms with Crippen LogP contribution in [0.2, 0.25) is 0 Å². The van der Waals surface area contributed by atoms with E-state index in [0.717, 1.165) is 17.0 Å². The summed E-state index contributed by atoms with van der Waals surface area (Å²) in [6.07, 6.45) is 7.39. The number of aryl methyl sites for hydroxylation is 1. The van der Waals surface area contributed by atoms with Gasteiger partial charge < -0.3 is 5.73 Å². The van der Waals surface area contributed by atoms with Crippen molar-refractivity contribution in [3.05, 3.63) is 15.6 Å². The minimum Gasteiger partial charge on any atom is -0.383 e. The fourth-order valence-electron chi connectivity index (χ4n) is 2.34. The molecule has 1 aliphatic rings. The van der Waals surface area contributed by atoms with Gasteiger partial charge in [-0.05, 0) is 19.3 Å². The molecular formula is C12H19N3S. The van der Waals surface area contributed by atoms with E-state index in [9.17, 15) is 0 Å². The number of aromatic nitrogens is 1. The van der Waals surface area contributed by atoms with Gasteiger partial charge in [0.1, 0.15) is 5.84 Å². The Morgan fingerprint density at radius 2 is 2.12 bits per heavy atom. The molecule has 1 saturated carbocycles. The number of nitrogen functional groups attached to an aromatic ring is 1. The number of nitrogens with zero attached hydrogens (tertiary/aromatic N) is 1. The van der Waals surface area contributed by atoms with Crippen LogP contribution in [0.5, 0.6) is 0 Å². The third-order valence-electron chi connectivity index (χ3n) is 3.25. The Labute approximate surface area is 101 Å². The lowest BCUT2D eigenvalue weighted by molar-refractivity contribution is 0.442. The van der Waals surface area contributed by atoms with Crippen LogP contribution in [0, 0.1) is 5.41 Å². The molecule has 0 aromatic carbocycles. The summed E-state index contributed by atoms with van der Waals surface area (Å²) in [6, 6.07) is 0. The molecule has 16 heavy (non-hydrogen) atoms. The number of rotatable bonds is 3. The zero-order valence-electron chi connectivity index (χ0n) is 9.75. The molecule has 3 N–H and O–H groups in total. The van der Waals surface area contributed by atoms with E-state index >= 15 is 0 Å².